The van der Waals surface area contributed by atoms with Gasteiger partial charge in [0.1, 0.15) is 0 Å². The van der Waals surface area contributed by atoms with Crippen LogP contribution in [0.1, 0.15) is 5.56 Å². The van der Waals surface area contributed by atoms with Crippen LogP contribution in [0.2, 0.25) is 5.02 Å². The van der Waals surface area contributed by atoms with E-state index in [4.69, 9.17) is 11.6 Å². The lowest BCUT2D eigenvalue weighted by molar-refractivity contribution is 0.650. The first-order valence-corrected chi connectivity index (χ1v) is 6.05. The maximum absolute atomic E-state index is 5.98. The van der Waals surface area contributed by atoms with Crippen LogP contribution in [0.5, 0.6) is 0 Å². The summed E-state index contributed by atoms with van der Waals surface area (Å²) < 4.78 is 0. The van der Waals surface area contributed by atoms with Gasteiger partial charge in [0.25, 0.3) is 0 Å². The number of amidine groups is 1. The summed E-state index contributed by atoms with van der Waals surface area (Å²) in [4.78, 5) is 6.66. The minimum atomic E-state index is 0.781. The summed E-state index contributed by atoms with van der Waals surface area (Å²) in [6.45, 7) is 1.89. The second-order valence-corrected chi connectivity index (χ2v) is 4.72. The van der Waals surface area contributed by atoms with Gasteiger partial charge in [-0.1, -0.05) is 35.5 Å². The van der Waals surface area contributed by atoms with Gasteiger partial charge in [0.2, 0.25) is 0 Å². The Hall–Kier alpha value is -0.930. The van der Waals surface area contributed by atoms with Crippen LogP contribution in [0, 0.1) is 0 Å². The molecular weight excluding hydrogens is 228 g/mol. The molecule has 1 aromatic carbocycles. The molecule has 2 heterocycles. The molecule has 15 heavy (non-hydrogen) atoms. The molecule has 1 aromatic rings. The van der Waals surface area contributed by atoms with Gasteiger partial charge in [-0.2, -0.15) is 0 Å². The number of fused-ring (bicyclic) bond motifs is 1. The standard InChI is InChI=1S/C11H9ClN2S/c12-9-3-1-2-8(6-9)10-7-15-11-13-4-5-14(10)11/h1-3,6-7H,4-5H2. The Morgan fingerprint density at radius 2 is 2.33 bits per heavy atom. The maximum Gasteiger partial charge on any atom is 0.168 e. The summed E-state index contributed by atoms with van der Waals surface area (Å²) >= 11 is 7.68. The van der Waals surface area contributed by atoms with Crippen LogP contribution >= 0.6 is 23.4 Å². The summed E-state index contributed by atoms with van der Waals surface area (Å²) in [5, 5.41) is 4.04. The summed E-state index contributed by atoms with van der Waals surface area (Å²) in [5.74, 6) is 0. The maximum atomic E-state index is 5.98. The highest BCUT2D eigenvalue weighted by atomic mass is 35.5. The molecule has 0 fully saturated rings. The zero-order valence-corrected chi connectivity index (χ0v) is 9.55. The average molecular weight is 237 g/mol. The van der Waals surface area contributed by atoms with E-state index in [0.29, 0.717) is 0 Å². The Morgan fingerprint density at radius 1 is 1.40 bits per heavy atom. The highest BCUT2D eigenvalue weighted by Crippen LogP contribution is 2.35. The Bertz CT molecular complexity index is 467. The van der Waals surface area contributed by atoms with E-state index >= 15 is 0 Å². The zero-order chi connectivity index (χ0) is 10.3. The van der Waals surface area contributed by atoms with Crippen LogP contribution in [0.3, 0.4) is 0 Å². The second kappa shape index (κ2) is 3.58. The number of hydrogen-bond acceptors (Lipinski definition) is 3. The van der Waals surface area contributed by atoms with Crippen molar-refractivity contribution < 1.29 is 0 Å². The minimum absolute atomic E-state index is 0.781. The molecule has 0 N–H and O–H groups in total. The first-order valence-electron chi connectivity index (χ1n) is 4.79. The highest BCUT2D eigenvalue weighted by Gasteiger charge is 2.26. The van der Waals surface area contributed by atoms with Crippen LogP contribution in [-0.2, 0) is 0 Å². The molecule has 0 bridgehead atoms. The van der Waals surface area contributed by atoms with E-state index in [1.165, 1.54) is 11.3 Å². The molecule has 0 radical (unpaired) electrons. The largest absolute Gasteiger partial charge is 0.318 e. The molecule has 0 aliphatic carbocycles. The van der Waals surface area contributed by atoms with E-state index < -0.39 is 0 Å². The van der Waals surface area contributed by atoms with E-state index in [0.717, 1.165) is 23.3 Å². The van der Waals surface area contributed by atoms with Crippen molar-refractivity contribution in [2.24, 2.45) is 4.99 Å². The van der Waals surface area contributed by atoms with Crippen LogP contribution in [-0.4, -0.2) is 23.2 Å². The van der Waals surface area contributed by atoms with E-state index in [1.54, 1.807) is 11.8 Å². The number of aliphatic imine (C=N–C) groups is 1. The van der Waals surface area contributed by atoms with E-state index in [-0.39, 0.29) is 0 Å². The summed E-state index contributed by atoms with van der Waals surface area (Å²) in [6, 6.07) is 7.95. The van der Waals surface area contributed by atoms with E-state index in [2.05, 4.69) is 21.4 Å². The number of hydrogen-bond donors (Lipinski definition) is 0. The Balaban J connectivity index is 1.99. The van der Waals surface area contributed by atoms with Crippen LogP contribution in [0.25, 0.3) is 5.70 Å². The summed E-state index contributed by atoms with van der Waals surface area (Å²) in [7, 11) is 0. The molecule has 76 valence electrons. The lowest BCUT2D eigenvalue weighted by Crippen LogP contribution is -2.19. The van der Waals surface area contributed by atoms with Gasteiger partial charge in [-0.25, -0.2) is 0 Å². The molecule has 0 spiro atoms. The molecule has 2 aliphatic rings. The molecule has 0 saturated carbocycles. The number of benzene rings is 1. The van der Waals surface area contributed by atoms with E-state index in [1.807, 2.05) is 18.2 Å². The Kier molecular flexibility index (Phi) is 2.22. The van der Waals surface area contributed by atoms with Gasteiger partial charge >= 0.3 is 0 Å². The van der Waals surface area contributed by atoms with Gasteiger partial charge in [-0.3, -0.25) is 4.99 Å². The number of thioether (sulfide) groups is 1. The molecule has 0 amide bonds. The molecule has 4 heteroatoms. The van der Waals surface area contributed by atoms with Crippen molar-refractivity contribution in [1.29, 1.82) is 0 Å². The lowest BCUT2D eigenvalue weighted by atomic mass is 10.1. The molecule has 0 atom stereocenters. The quantitative estimate of drug-likeness (QED) is 0.745. The molecule has 0 saturated heterocycles. The minimum Gasteiger partial charge on any atom is -0.318 e. The first-order chi connectivity index (χ1) is 7.34. The van der Waals surface area contributed by atoms with Gasteiger partial charge in [0.15, 0.2) is 5.17 Å². The number of nitrogens with zero attached hydrogens (tertiary/aromatic N) is 2. The van der Waals surface area contributed by atoms with Crippen molar-refractivity contribution in [3.05, 3.63) is 40.3 Å². The van der Waals surface area contributed by atoms with Crippen molar-refractivity contribution >= 4 is 34.2 Å². The Labute approximate surface area is 97.6 Å². The smallest absolute Gasteiger partial charge is 0.168 e. The molecular formula is C11H9ClN2S. The van der Waals surface area contributed by atoms with Crippen LogP contribution in [0.15, 0.2) is 34.7 Å². The van der Waals surface area contributed by atoms with Crippen molar-refractivity contribution in [2.75, 3.05) is 13.1 Å². The van der Waals surface area contributed by atoms with Crippen molar-refractivity contribution in [3.8, 4) is 0 Å². The zero-order valence-electron chi connectivity index (χ0n) is 7.98. The van der Waals surface area contributed by atoms with Gasteiger partial charge in [-0.05, 0) is 12.1 Å². The lowest BCUT2D eigenvalue weighted by Gasteiger charge is -2.16. The average Bonchev–Trinajstić information content (AvgIpc) is 2.77. The third-order valence-corrected chi connectivity index (χ3v) is 3.63. The normalized spacial score (nSPS) is 18.9. The van der Waals surface area contributed by atoms with Crippen LogP contribution < -0.4 is 0 Å². The van der Waals surface area contributed by atoms with Gasteiger partial charge in [-0.15, -0.1) is 0 Å². The first kappa shape index (κ1) is 9.31. The van der Waals surface area contributed by atoms with Crippen molar-refractivity contribution in [1.82, 2.24) is 4.90 Å². The molecule has 3 rings (SSSR count). The van der Waals surface area contributed by atoms with Gasteiger partial charge in [0, 0.05) is 22.5 Å². The third-order valence-electron chi connectivity index (χ3n) is 2.49. The molecule has 0 unspecified atom stereocenters. The van der Waals surface area contributed by atoms with Gasteiger partial charge < -0.3 is 4.90 Å². The molecule has 2 aliphatic heterocycles. The molecule has 2 nitrogen and oxygen atoms in total. The fraction of sp³-hybridized carbons (Fsp3) is 0.182. The predicted molar refractivity (Wildman–Crippen MR) is 66.0 cm³/mol. The monoisotopic (exact) mass is 236 g/mol. The van der Waals surface area contributed by atoms with Crippen molar-refractivity contribution in [3.63, 3.8) is 0 Å². The summed E-state index contributed by atoms with van der Waals surface area (Å²) in [5.41, 5.74) is 2.39. The SMILES string of the molecule is Clc1cccc(C2=CSC3=NCCN23)c1. The topological polar surface area (TPSA) is 15.6 Å². The fourth-order valence-corrected chi connectivity index (χ4v) is 2.95. The van der Waals surface area contributed by atoms with Crippen molar-refractivity contribution in [2.45, 2.75) is 0 Å². The predicted octanol–water partition coefficient (Wildman–Crippen LogP) is 3.06. The second-order valence-electron chi connectivity index (χ2n) is 3.45. The molecule has 0 aromatic heterocycles. The van der Waals surface area contributed by atoms with E-state index in [9.17, 15) is 0 Å². The Morgan fingerprint density at radius 3 is 3.20 bits per heavy atom. The van der Waals surface area contributed by atoms with Gasteiger partial charge in [0.05, 0.1) is 12.2 Å². The summed E-state index contributed by atoms with van der Waals surface area (Å²) in [6.07, 6.45) is 0. The highest BCUT2D eigenvalue weighted by molar-refractivity contribution is 8.16. The number of halogens is 1. The number of rotatable bonds is 1. The van der Waals surface area contributed by atoms with Crippen LogP contribution in [0.4, 0.5) is 0 Å². The fourth-order valence-electron chi connectivity index (χ4n) is 1.79. The third kappa shape index (κ3) is 1.56.